The Morgan fingerprint density at radius 3 is 2.67 bits per heavy atom. The molecule has 0 fully saturated rings. The molecular formula is C12H22N2O3S. The highest BCUT2D eigenvalue weighted by Crippen LogP contribution is 2.19. The standard InChI is InChI=1S/C12H22N2O3S/c1-4-6-7-14-18(15,16)12-8-11(9-13-5-2)17-10(12)3/h8,13-14H,4-7,9H2,1-3H3. The van der Waals surface area contributed by atoms with E-state index in [2.05, 4.69) is 10.0 Å². The lowest BCUT2D eigenvalue weighted by molar-refractivity contribution is 0.460. The molecule has 104 valence electrons. The Bertz CT molecular complexity index is 466. The molecule has 0 aliphatic carbocycles. The molecule has 1 rings (SSSR count). The Kier molecular flexibility index (Phi) is 5.84. The molecule has 0 spiro atoms. The van der Waals surface area contributed by atoms with Gasteiger partial charge in [0.2, 0.25) is 10.0 Å². The second-order valence-corrected chi connectivity index (χ2v) is 5.90. The monoisotopic (exact) mass is 274 g/mol. The minimum atomic E-state index is -3.44. The Hall–Kier alpha value is -0.850. The molecule has 0 aromatic carbocycles. The van der Waals surface area contributed by atoms with Gasteiger partial charge in [-0.3, -0.25) is 0 Å². The number of aryl methyl sites for hydroxylation is 1. The first-order valence-corrected chi connectivity index (χ1v) is 7.79. The summed E-state index contributed by atoms with van der Waals surface area (Å²) >= 11 is 0. The summed E-state index contributed by atoms with van der Waals surface area (Å²) in [6.07, 6.45) is 1.79. The van der Waals surface area contributed by atoms with Gasteiger partial charge in [-0.1, -0.05) is 20.3 Å². The van der Waals surface area contributed by atoms with Crippen LogP contribution < -0.4 is 10.0 Å². The van der Waals surface area contributed by atoms with Crippen LogP contribution in [0, 0.1) is 6.92 Å². The van der Waals surface area contributed by atoms with Crippen molar-refractivity contribution in [3.05, 3.63) is 17.6 Å². The van der Waals surface area contributed by atoms with Crippen LogP contribution in [0.15, 0.2) is 15.4 Å². The Morgan fingerprint density at radius 2 is 2.06 bits per heavy atom. The zero-order valence-corrected chi connectivity index (χ0v) is 12.1. The number of hydrogen-bond acceptors (Lipinski definition) is 4. The van der Waals surface area contributed by atoms with Gasteiger partial charge < -0.3 is 9.73 Å². The van der Waals surface area contributed by atoms with E-state index in [1.165, 1.54) is 0 Å². The normalized spacial score (nSPS) is 11.9. The minimum absolute atomic E-state index is 0.242. The summed E-state index contributed by atoms with van der Waals surface area (Å²) < 4.78 is 32.1. The van der Waals surface area contributed by atoms with Gasteiger partial charge in [-0.2, -0.15) is 0 Å². The summed E-state index contributed by atoms with van der Waals surface area (Å²) in [5, 5.41) is 3.10. The first kappa shape index (κ1) is 15.2. The van der Waals surface area contributed by atoms with Crippen molar-refractivity contribution in [1.82, 2.24) is 10.0 Å². The predicted molar refractivity (Wildman–Crippen MR) is 70.9 cm³/mol. The van der Waals surface area contributed by atoms with Crippen LogP contribution in [0.25, 0.3) is 0 Å². The van der Waals surface area contributed by atoms with Gasteiger partial charge in [-0.25, -0.2) is 13.1 Å². The number of sulfonamides is 1. The van der Waals surface area contributed by atoms with Gasteiger partial charge in [0, 0.05) is 12.6 Å². The fourth-order valence-corrected chi connectivity index (χ4v) is 2.86. The van der Waals surface area contributed by atoms with E-state index >= 15 is 0 Å². The third kappa shape index (κ3) is 4.12. The Morgan fingerprint density at radius 1 is 1.33 bits per heavy atom. The van der Waals surface area contributed by atoms with Gasteiger partial charge in [-0.15, -0.1) is 0 Å². The molecule has 0 bridgehead atoms. The average molecular weight is 274 g/mol. The number of furan rings is 1. The van der Waals surface area contributed by atoms with Gasteiger partial charge in [0.25, 0.3) is 0 Å². The molecule has 0 amide bonds. The summed E-state index contributed by atoms with van der Waals surface area (Å²) in [6.45, 7) is 7.50. The summed E-state index contributed by atoms with van der Waals surface area (Å²) in [4.78, 5) is 0.242. The number of hydrogen-bond donors (Lipinski definition) is 2. The van der Waals surface area contributed by atoms with Crippen LogP contribution in [0.3, 0.4) is 0 Å². The van der Waals surface area contributed by atoms with Crippen molar-refractivity contribution in [3.63, 3.8) is 0 Å². The van der Waals surface area contributed by atoms with Crippen molar-refractivity contribution in [2.45, 2.75) is 45.1 Å². The quantitative estimate of drug-likeness (QED) is 0.709. The second kappa shape index (κ2) is 6.92. The maximum absolute atomic E-state index is 12.0. The predicted octanol–water partition coefficient (Wildman–Crippen LogP) is 1.78. The van der Waals surface area contributed by atoms with E-state index in [-0.39, 0.29) is 4.90 Å². The van der Waals surface area contributed by atoms with Crippen LogP contribution in [0.2, 0.25) is 0 Å². The highest BCUT2D eigenvalue weighted by molar-refractivity contribution is 7.89. The number of unbranched alkanes of at least 4 members (excludes halogenated alkanes) is 1. The molecular weight excluding hydrogens is 252 g/mol. The highest BCUT2D eigenvalue weighted by atomic mass is 32.2. The van der Waals surface area contributed by atoms with E-state index < -0.39 is 10.0 Å². The number of rotatable bonds is 8. The molecule has 1 heterocycles. The molecule has 1 aromatic heterocycles. The van der Waals surface area contributed by atoms with Crippen molar-refractivity contribution in [3.8, 4) is 0 Å². The van der Waals surface area contributed by atoms with E-state index in [9.17, 15) is 8.42 Å². The summed E-state index contributed by atoms with van der Waals surface area (Å²) in [7, 11) is -3.44. The van der Waals surface area contributed by atoms with E-state index in [0.29, 0.717) is 24.6 Å². The lowest BCUT2D eigenvalue weighted by atomic mass is 10.3. The largest absolute Gasteiger partial charge is 0.464 e. The van der Waals surface area contributed by atoms with Crippen molar-refractivity contribution >= 4 is 10.0 Å². The lowest BCUT2D eigenvalue weighted by Crippen LogP contribution is -2.24. The van der Waals surface area contributed by atoms with Gasteiger partial charge in [-0.05, 0) is 19.9 Å². The van der Waals surface area contributed by atoms with Crippen molar-refractivity contribution in [1.29, 1.82) is 0 Å². The van der Waals surface area contributed by atoms with Crippen LogP contribution in [-0.2, 0) is 16.6 Å². The van der Waals surface area contributed by atoms with Gasteiger partial charge in [0.15, 0.2) is 0 Å². The van der Waals surface area contributed by atoms with Crippen molar-refractivity contribution < 1.29 is 12.8 Å². The van der Waals surface area contributed by atoms with Gasteiger partial charge in [0.1, 0.15) is 16.4 Å². The molecule has 0 saturated carbocycles. The summed E-state index contributed by atoms with van der Waals surface area (Å²) in [5.74, 6) is 1.08. The van der Waals surface area contributed by atoms with E-state index in [4.69, 9.17) is 4.42 Å². The first-order chi connectivity index (χ1) is 8.51. The molecule has 2 N–H and O–H groups in total. The third-order valence-electron chi connectivity index (χ3n) is 2.58. The topological polar surface area (TPSA) is 71.3 Å². The zero-order valence-electron chi connectivity index (χ0n) is 11.2. The molecule has 0 radical (unpaired) electrons. The Balaban J connectivity index is 2.78. The SMILES string of the molecule is CCCCNS(=O)(=O)c1cc(CNCC)oc1C. The second-order valence-electron chi connectivity index (χ2n) is 4.16. The molecule has 6 heteroatoms. The lowest BCUT2D eigenvalue weighted by Gasteiger charge is -2.03. The van der Waals surface area contributed by atoms with E-state index in [0.717, 1.165) is 19.4 Å². The Labute approximate surface area is 109 Å². The van der Waals surface area contributed by atoms with Crippen LogP contribution in [-0.4, -0.2) is 21.5 Å². The van der Waals surface area contributed by atoms with Crippen molar-refractivity contribution in [2.24, 2.45) is 0 Å². The van der Waals surface area contributed by atoms with E-state index in [1.54, 1.807) is 13.0 Å². The maximum Gasteiger partial charge on any atom is 0.244 e. The fourth-order valence-electron chi connectivity index (χ4n) is 1.59. The maximum atomic E-state index is 12.0. The van der Waals surface area contributed by atoms with Gasteiger partial charge >= 0.3 is 0 Å². The molecule has 18 heavy (non-hydrogen) atoms. The smallest absolute Gasteiger partial charge is 0.244 e. The van der Waals surface area contributed by atoms with Crippen LogP contribution in [0.5, 0.6) is 0 Å². The molecule has 0 unspecified atom stereocenters. The molecule has 0 saturated heterocycles. The fraction of sp³-hybridized carbons (Fsp3) is 0.667. The summed E-state index contributed by atoms with van der Waals surface area (Å²) in [6, 6.07) is 1.59. The highest BCUT2D eigenvalue weighted by Gasteiger charge is 2.20. The minimum Gasteiger partial charge on any atom is -0.464 e. The summed E-state index contributed by atoms with van der Waals surface area (Å²) in [5.41, 5.74) is 0. The molecule has 1 aromatic rings. The zero-order chi connectivity index (χ0) is 13.6. The average Bonchev–Trinajstić information content (AvgIpc) is 2.69. The first-order valence-electron chi connectivity index (χ1n) is 6.31. The van der Waals surface area contributed by atoms with Crippen LogP contribution in [0.1, 0.15) is 38.2 Å². The molecule has 0 atom stereocenters. The van der Waals surface area contributed by atoms with Gasteiger partial charge in [0.05, 0.1) is 6.54 Å². The molecule has 0 aliphatic heterocycles. The van der Waals surface area contributed by atoms with Crippen molar-refractivity contribution in [2.75, 3.05) is 13.1 Å². The molecule has 5 nitrogen and oxygen atoms in total. The van der Waals surface area contributed by atoms with Crippen LogP contribution >= 0.6 is 0 Å². The molecule has 0 aliphatic rings. The van der Waals surface area contributed by atoms with E-state index in [1.807, 2.05) is 13.8 Å². The van der Waals surface area contributed by atoms with Crippen LogP contribution in [0.4, 0.5) is 0 Å². The number of nitrogens with one attached hydrogen (secondary N) is 2. The third-order valence-corrected chi connectivity index (χ3v) is 4.15.